The highest BCUT2D eigenvalue weighted by molar-refractivity contribution is 5.94. The SMILES string of the molecule is CC1CCN(c2cc(-c3[nH]nc4ccc(OC5(C)CC5)cc34)ccn2)CC1. The molecule has 0 radical (unpaired) electrons. The molecule has 3 aromatic rings. The van der Waals surface area contributed by atoms with Gasteiger partial charge in [0, 0.05) is 30.2 Å². The van der Waals surface area contributed by atoms with E-state index in [1.54, 1.807) is 0 Å². The van der Waals surface area contributed by atoms with Gasteiger partial charge in [0.15, 0.2) is 0 Å². The van der Waals surface area contributed by atoms with E-state index in [0.717, 1.165) is 65.6 Å². The summed E-state index contributed by atoms with van der Waals surface area (Å²) in [6, 6.07) is 10.4. The highest BCUT2D eigenvalue weighted by atomic mass is 16.5. The van der Waals surface area contributed by atoms with Crippen LogP contribution in [-0.2, 0) is 0 Å². The third-order valence-electron chi connectivity index (χ3n) is 5.99. The van der Waals surface area contributed by atoms with E-state index in [4.69, 9.17) is 4.74 Å². The van der Waals surface area contributed by atoms with Gasteiger partial charge < -0.3 is 9.64 Å². The number of nitrogens with zero attached hydrogens (tertiary/aromatic N) is 3. The number of anilines is 1. The summed E-state index contributed by atoms with van der Waals surface area (Å²) in [5.74, 6) is 2.79. The van der Waals surface area contributed by atoms with Crippen LogP contribution in [0.5, 0.6) is 5.75 Å². The van der Waals surface area contributed by atoms with E-state index >= 15 is 0 Å². The fraction of sp³-hybridized carbons (Fsp3) is 0.455. The van der Waals surface area contributed by atoms with E-state index in [1.165, 1.54) is 12.8 Å². The molecule has 5 nitrogen and oxygen atoms in total. The Bertz CT molecular complexity index is 967. The maximum Gasteiger partial charge on any atom is 0.129 e. The number of aromatic amines is 1. The molecule has 3 heterocycles. The molecule has 1 aliphatic carbocycles. The minimum Gasteiger partial charge on any atom is -0.488 e. The largest absolute Gasteiger partial charge is 0.488 e. The quantitative estimate of drug-likeness (QED) is 0.725. The van der Waals surface area contributed by atoms with Gasteiger partial charge in [-0.1, -0.05) is 6.92 Å². The first kappa shape index (κ1) is 16.6. The van der Waals surface area contributed by atoms with Gasteiger partial charge in [0.05, 0.1) is 11.2 Å². The second-order valence-electron chi connectivity index (χ2n) is 8.40. The first-order chi connectivity index (χ1) is 13.1. The number of hydrogen-bond acceptors (Lipinski definition) is 4. The highest BCUT2D eigenvalue weighted by Crippen LogP contribution is 2.40. The number of hydrogen-bond donors (Lipinski definition) is 1. The standard InChI is InChI=1S/C22H26N4O/c1-15-6-11-26(12-7-15)20-13-16(5-10-23-20)21-18-14-17(27-22(2)8-9-22)3-4-19(18)24-25-21/h3-5,10,13-15H,6-9,11-12H2,1-2H3,(H,24,25). The Balaban J connectivity index is 1.47. The molecule has 27 heavy (non-hydrogen) atoms. The lowest BCUT2D eigenvalue weighted by Crippen LogP contribution is -2.33. The second kappa shape index (κ2) is 6.25. The smallest absolute Gasteiger partial charge is 0.129 e. The third kappa shape index (κ3) is 3.27. The van der Waals surface area contributed by atoms with Crippen molar-refractivity contribution in [1.82, 2.24) is 15.2 Å². The van der Waals surface area contributed by atoms with Crippen molar-refractivity contribution < 1.29 is 4.74 Å². The number of H-pyrrole nitrogens is 1. The van der Waals surface area contributed by atoms with Crippen molar-refractivity contribution in [2.45, 2.75) is 45.1 Å². The maximum atomic E-state index is 6.15. The number of benzene rings is 1. The maximum absolute atomic E-state index is 6.15. The Morgan fingerprint density at radius 3 is 2.74 bits per heavy atom. The Labute approximate surface area is 159 Å². The highest BCUT2D eigenvalue weighted by Gasteiger charge is 2.40. The monoisotopic (exact) mass is 362 g/mol. The number of rotatable bonds is 4. The number of nitrogens with one attached hydrogen (secondary N) is 1. The predicted octanol–water partition coefficient (Wildman–Crippen LogP) is 4.79. The van der Waals surface area contributed by atoms with Crippen LogP contribution in [0.15, 0.2) is 36.5 Å². The molecule has 1 aliphatic heterocycles. The van der Waals surface area contributed by atoms with Crippen LogP contribution < -0.4 is 9.64 Å². The van der Waals surface area contributed by atoms with E-state index < -0.39 is 0 Å². The van der Waals surface area contributed by atoms with Crippen LogP contribution in [0.4, 0.5) is 5.82 Å². The molecule has 1 aromatic carbocycles. The fourth-order valence-corrected chi connectivity index (χ4v) is 3.82. The molecule has 2 aliphatic rings. The Morgan fingerprint density at radius 1 is 1.15 bits per heavy atom. The van der Waals surface area contributed by atoms with Crippen LogP contribution in [0.1, 0.15) is 39.5 Å². The van der Waals surface area contributed by atoms with Gasteiger partial charge in [0.1, 0.15) is 17.2 Å². The Kier molecular flexibility index (Phi) is 3.85. The molecule has 140 valence electrons. The van der Waals surface area contributed by atoms with Crippen LogP contribution in [0.25, 0.3) is 22.2 Å². The molecule has 1 saturated carbocycles. The molecule has 1 saturated heterocycles. The van der Waals surface area contributed by atoms with Gasteiger partial charge in [-0.2, -0.15) is 5.10 Å². The minimum absolute atomic E-state index is 0.0206. The lowest BCUT2D eigenvalue weighted by molar-refractivity contribution is 0.200. The molecular weight excluding hydrogens is 336 g/mol. The fourth-order valence-electron chi connectivity index (χ4n) is 3.82. The molecule has 1 N–H and O–H groups in total. The first-order valence-electron chi connectivity index (χ1n) is 9.98. The average molecular weight is 362 g/mol. The molecule has 0 atom stereocenters. The van der Waals surface area contributed by atoms with Gasteiger partial charge in [0.2, 0.25) is 0 Å². The number of piperidine rings is 1. The number of ether oxygens (including phenoxy) is 1. The van der Waals surface area contributed by atoms with Crippen LogP contribution in [0.3, 0.4) is 0 Å². The lowest BCUT2D eigenvalue weighted by Gasteiger charge is -2.31. The van der Waals surface area contributed by atoms with Crippen molar-refractivity contribution in [3.8, 4) is 17.0 Å². The molecule has 2 fully saturated rings. The second-order valence-corrected chi connectivity index (χ2v) is 8.40. The molecule has 5 heteroatoms. The average Bonchev–Trinajstić information content (AvgIpc) is 3.25. The summed E-state index contributed by atoms with van der Waals surface area (Å²) < 4.78 is 6.15. The number of fused-ring (bicyclic) bond motifs is 1. The predicted molar refractivity (Wildman–Crippen MR) is 108 cm³/mol. The van der Waals surface area contributed by atoms with Gasteiger partial charge >= 0.3 is 0 Å². The number of aromatic nitrogens is 3. The van der Waals surface area contributed by atoms with Crippen molar-refractivity contribution >= 4 is 16.7 Å². The summed E-state index contributed by atoms with van der Waals surface area (Å²) >= 11 is 0. The summed E-state index contributed by atoms with van der Waals surface area (Å²) in [6.07, 6.45) is 6.63. The van der Waals surface area contributed by atoms with Crippen molar-refractivity contribution in [1.29, 1.82) is 0 Å². The van der Waals surface area contributed by atoms with E-state index in [9.17, 15) is 0 Å². The van der Waals surface area contributed by atoms with Crippen molar-refractivity contribution in [3.05, 3.63) is 36.5 Å². The Hall–Kier alpha value is -2.56. The van der Waals surface area contributed by atoms with Crippen molar-refractivity contribution in [2.75, 3.05) is 18.0 Å². The topological polar surface area (TPSA) is 54.0 Å². The summed E-state index contributed by atoms with van der Waals surface area (Å²) in [6.45, 7) is 6.66. The van der Waals surface area contributed by atoms with Crippen LogP contribution >= 0.6 is 0 Å². The first-order valence-corrected chi connectivity index (χ1v) is 9.98. The molecule has 5 rings (SSSR count). The van der Waals surface area contributed by atoms with E-state index in [-0.39, 0.29) is 5.60 Å². The third-order valence-corrected chi connectivity index (χ3v) is 5.99. The zero-order valence-electron chi connectivity index (χ0n) is 16.0. The normalized spacial score (nSPS) is 19.4. The van der Waals surface area contributed by atoms with Gasteiger partial charge in [0.25, 0.3) is 0 Å². The molecular formula is C22H26N4O. The zero-order chi connectivity index (χ0) is 18.4. The van der Waals surface area contributed by atoms with Crippen molar-refractivity contribution in [2.24, 2.45) is 5.92 Å². The minimum atomic E-state index is 0.0206. The van der Waals surface area contributed by atoms with Gasteiger partial charge in [-0.25, -0.2) is 4.98 Å². The van der Waals surface area contributed by atoms with E-state index in [0.29, 0.717) is 0 Å². The zero-order valence-corrected chi connectivity index (χ0v) is 16.0. The van der Waals surface area contributed by atoms with Gasteiger partial charge in [-0.05, 0) is 68.9 Å². The van der Waals surface area contributed by atoms with Crippen molar-refractivity contribution in [3.63, 3.8) is 0 Å². The summed E-state index contributed by atoms with van der Waals surface area (Å²) in [5, 5.41) is 8.81. The number of pyridine rings is 1. The molecule has 0 bridgehead atoms. The molecule has 2 aromatic heterocycles. The lowest BCUT2D eigenvalue weighted by atomic mass is 9.99. The summed E-state index contributed by atoms with van der Waals surface area (Å²) in [5.41, 5.74) is 3.14. The van der Waals surface area contributed by atoms with Crippen LogP contribution in [0, 0.1) is 5.92 Å². The summed E-state index contributed by atoms with van der Waals surface area (Å²) in [4.78, 5) is 7.01. The molecule has 0 unspecified atom stereocenters. The van der Waals surface area contributed by atoms with E-state index in [1.807, 2.05) is 18.3 Å². The summed E-state index contributed by atoms with van der Waals surface area (Å²) in [7, 11) is 0. The van der Waals surface area contributed by atoms with Crippen LogP contribution in [0.2, 0.25) is 0 Å². The van der Waals surface area contributed by atoms with Gasteiger partial charge in [-0.15, -0.1) is 0 Å². The van der Waals surface area contributed by atoms with Gasteiger partial charge in [-0.3, -0.25) is 5.10 Å². The Morgan fingerprint density at radius 2 is 1.96 bits per heavy atom. The van der Waals surface area contributed by atoms with E-state index in [2.05, 4.69) is 52.1 Å². The van der Waals surface area contributed by atoms with Crippen LogP contribution in [-0.4, -0.2) is 33.9 Å². The molecule has 0 amide bonds. The molecule has 0 spiro atoms.